The summed E-state index contributed by atoms with van der Waals surface area (Å²) in [6, 6.07) is 6.04. The van der Waals surface area contributed by atoms with Crippen LogP contribution in [0.5, 0.6) is 0 Å². The Morgan fingerprint density at radius 3 is 2.83 bits per heavy atom. The molecule has 1 amide bonds. The van der Waals surface area contributed by atoms with Gasteiger partial charge in [-0.25, -0.2) is 14.4 Å². The summed E-state index contributed by atoms with van der Waals surface area (Å²) in [6.07, 6.45) is 1.48. The number of amides is 1. The number of hydrogen-bond donors (Lipinski definition) is 1. The van der Waals surface area contributed by atoms with Crippen molar-refractivity contribution in [2.24, 2.45) is 0 Å². The van der Waals surface area contributed by atoms with E-state index in [-0.39, 0.29) is 17.5 Å². The summed E-state index contributed by atoms with van der Waals surface area (Å²) < 4.78 is 14.4. The van der Waals surface area contributed by atoms with E-state index in [0.29, 0.717) is 10.9 Å². The molecule has 1 N–H and O–H groups in total. The maximum Gasteiger partial charge on any atom is 0.230 e. The second-order valence-corrected chi connectivity index (χ2v) is 7.64. The number of fused-ring (bicyclic) bond motifs is 1. The summed E-state index contributed by atoms with van der Waals surface area (Å²) in [5, 5.41) is 3.55. The van der Waals surface area contributed by atoms with Crippen molar-refractivity contribution in [3.05, 3.63) is 51.9 Å². The Hall–Kier alpha value is -1.70. The SMILES string of the molecule is Cc1c(Cl)sc2c(SCC(=O)NCc3ccc(F)cc3)ncnc12. The number of thiophene rings is 1. The molecule has 0 spiro atoms. The zero-order valence-corrected chi connectivity index (χ0v) is 15.1. The number of rotatable bonds is 5. The van der Waals surface area contributed by atoms with E-state index in [9.17, 15) is 9.18 Å². The normalized spacial score (nSPS) is 11.0. The molecule has 3 aromatic rings. The molecule has 0 aliphatic rings. The second kappa shape index (κ2) is 7.46. The summed E-state index contributed by atoms with van der Waals surface area (Å²) >= 11 is 8.92. The molecule has 0 radical (unpaired) electrons. The lowest BCUT2D eigenvalue weighted by molar-refractivity contribution is -0.118. The van der Waals surface area contributed by atoms with Gasteiger partial charge >= 0.3 is 0 Å². The molecule has 24 heavy (non-hydrogen) atoms. The third-order valence-electron chi connectivity index (χ3n) is 3.36. The molecule has 0 saturated carbocycles. The minimum Gasteiger partial charge on any atom is -0.351 e. The van der Waals surface area contributed by atoms with Gasteiger partial charge in [-0.3, -0.25) is 4.79 Å². The summed E-state index contributed by atoms with van der Waals surface area (Å²) in [4.78, 5) is 20.5. The fourth-order valence-electron chi connectivity index (χ4n) is 2.07. The maximum atomic E-state index is 12.8. The van der Waals surface area contributed by atoms with Gasteiger partial charge in [0.2, 0.25) is 5.91 Å². The first-order valence-corrected chi connectivity index (χ1v) is 9.26. The van der Waals surface area contributed by atoms with Crippen LogP contribution in [0, 0.1) is 12.7 Å². The Morgan fingerprint density at radius 1 is 1.33 bits per heavy atom. The standard InChI is InChI=1S/C16H13ClFN3OS2/c1-9-13-14(24-15(9)17)16(21-8-20-13)23-7-12(22)19-6-10-2-4-11(18)5-3-10/h2-5,8H,6-7H2,1H3,(H,19,22). The molecule has 0 saturated heterocycles. The highest BCUT2D eigenvalue weighted by atomic mass is 35.5. The van der Waals surface area contributed by atoms with Crippen LogP contribution in [-0.2, 0) is 11.3 Å². The quantitative estimate of drug-likeness (QED) is 0.531. The maximum absolute atomic E-state index is 12.8. The lowest BCUT2D eigenvalue weighted by atomic mass is 10.2. The number of halogens is 2. The van der Waals surface area contributed by atoms with Gasteiger partial charge in [0.05, 0.1) is 20.3 Å². The number of nitrogens with zero attached hydrogens (tertiary/aromatic N) is 2. The van der Waals surface area contributed by atoms with E-state index >= 15 is 0 Å². The van der Waals surface area contributed by atoms with E-state index in [0.717, 1.165) is 26.4 Å². The molecule has 1 aromatic carbocycles. The molecule has 8 heteroatoms. The smallest absolute Gasteiger partial charge is 0.230 e. The van der Waals surface area contributed by atoms with Crippen LogP contribution in [0.3, 0.4) is 0 Å². The number of benzene rings is 1. The predicted molar refractivity (Wildman–Crippen MR) is 96.1 cm³/mol. The lowest BCUT2D eigenvalue weighted by Gasteiger charge is -2.05. The summed E-state index contributed by atoms with van der Waals surface area (Å²) in [5.41, 5.74) is 2.61. The Morgan fingerprint density at radius 2 is 2.08 bits per heavy atom. The van der Waals surface area contributed by atoms with Crippen molar-refractivity contribution in [2.75, 3.05) is 5.75 Å². The van der Waals surface area contributed by atoms with Crippen LogP contribution in [0.4, 0.5) is 4.39 Å². The summed E-state index contributed by atoms with van der Waals surface area (Å²) in [6.45, 7) is 2.28. The lowest BCUT2D eigenvalue weighted by Crippen LogP contribution is -2.24. The number of thioether (sulfide) groups is 1. The molecule has 4 nitrogen and oxygen atoms in total. The number of carbonyl (C=O) groups excluding carboxylic acids is 1. The Balaban J connectivity index is 1.60. The highest BCUT2D eigenvalue weighted by Crippen LogP contribution is 2.37. The topological polar surface area (TPSA) is 54.9 Å². The summed E-state index contributed by atoms with van der Waals surface area (Å²) in [7, 11) is 0. The molecule has 0 atom stereocenters. The van der Waals surface area contributed by atoms with Crippen LogP contribution in [0.2, 0.25) is 4.34 Å². The first kappa shape index (κ1) is 17.1. The number of aromatic nitrogens is 2. The number of hydrogen-bond acceptors (Lipinski definition) is 5. The molecular formula is C16H13ClFN3OS2. The third-order valence-corrected chi connectivity index (χ3v) is 6.07. The van der Waals surface area contributed by atoms with E-state index in [2.05, 4.69) is 15.3 Å². The van der Waals surface area contributed by atoms with E-state index in [1.165, 1.54) is 41.6 Å². The molecule has 0 unspecified atom stereocenters. The molecule has 0 aliphatic heterocycles. The molecule has 2 heterocycles. The van der Waals surface area contributed by atoms with Crippen LogP contribution in [0.15, 0.2) is 35.6 Å². The van der Waals surface area contributed by atoms with Crippen LogP contribution >= 0.6 is 34.7 Å². The molecular weight excluding hydrogens is 369 g/mol. The molecule has 124 valence electrons. The molecule has 0 bridgehead atoms. The monoisotopic (exact) mass is 381 g/mol. The molecule has 0 aliphatic carbocycles. The van der Waals surface area contributed by atoms with Crippen LogP contribution in [0.1, 0.15) is 11.1 Å². The van der Waals surface area contributed by atoms with Crippen LogP contribution in [-0.4, -0.2) is 21.6 Å². The van der Waals surface area contributed by atoms with Crippen LogP contribution in [0.25, 0.3) is 10.2 Å². The fourth-order valence-corrected chi connectivity index (χ4v) is 4.28. The fraction of sp³-hybridized carbons (Fsp3) is 0.188. The van der Waals surface area contributed by atoms with Crippen molar-refractivity contribution < 1.29 is 9.18 Å². The summed E-state index contributed by atoms with van der Waals surface area (Å²) in [5.74, 6) is -0.171. The van der Waals surface area contributed by atoms with Crippen molar-refractivity contribution in [3.63, 3.8) is 0 Å². The van der Waals surface area contributed by atoms with E-state index < -0.39 is 0 Å². The zero-order valence-electron chi connectivity index (χ0n) is 12.7. The number of nitrogens with one attached hydrogen (secondary N) is 1. The van der Waals surface area contributed by atoms with E-state index in [4.69, 9.17) is 11.6 Å². The molecule has 0 fully saturated rings. The second-order valence-electron chi connectivity index (χ2n) is 5.05. The average molecular weight is 382 g/mol. The molecule has 2 aromatic heterocycles. The van der Waals surface area contributed by atoms with Crippen molar-refractivity contribution in [1.29, 1.82) is 0 Å². The van der Waals surface area contributed by atoms with Gasteiger partial charge in [0.1, 0.15) is 17.2 Å². The highest BCUT2D eigenvalue weighted by Gasteiger charge is 2.14. The van der Waals surface area contributed by atoms with Gasteiger partial charge in [-0.05, 0) is 24.6 Å². The number of aryl methyl sites for hydroxylation is 1. The number of carbonyl (C=O) groups is 1. The average Bonchev–Trinajstić information content (AvgIpc) is 2.88. The van der Waals surface area contributed by atoms with Gasteiger partial charge in [-0.1, -0.05) is 35.5 Å². The highest BCUT2D eigenvalue weighted by molar-refractivity contribution is 8.00. The first-order valence-electron chi connectivity index (χ1n) is 7.08. The van der Waals surface area contributed by atoms with E-state index in [1.807, 2.05) is 6.92 Å². The van der Waals surface area contributed by atoms with Crippen molar-refractivity contribution >= 4 is 50.8 Å². The van der Waals surface area contributed by atoms with Gasteiger partial charge in [0.15, 0.2) is 0 Å². The third kappa shape index (κ3) is 3.85. The zero-order chi connectivity index (χ0) is 17.1. The van der Waals surface area contributed by atoms with Gasteiger partial charge in [0.25, 0.3) is 0 Å². The Kier molecular flexibility index (Phi) is 5.33. The predicted octanol–water partition coefficient (Wildman–Crippen LogP) is 4.20. The van der Waals surface area contributed by atoms with Crippen molar-refractivity contribution in [3.8, 4) is 0 Å². The van der Waals surface area contributed by atoms with Gasteiger partial charge in [-0.2, -0.15) is 0 Å². The minimum atomic E-state index is -0.293. The van der Waals surface area contributed by atoms with Crippen molar-refractivity contribution in [2.45, 2.75) is 18.5 Å². The Bertz CT molecular complexity index is 883. The molecule has 3 rings (SSSR count). The van der Waals surface area contributed by atoms with Gasteiger partial charge in [-0.15, -0.1) is 11.3 Å². The van der Waals surface area contributed by atoms with Crippen molar-refractivity contribution in [1.82, 2.24) is 15.3 Å². The van der Waals surface area contributed by atoms with Gasteiger partial charge in [0, 0.05) is 12.1 Å². The largest absolute Gasteiger partial charge is 0.351 e. The minimum absolute atomic E-state index is 0.115. The Labute approximate surface area is 151 Å². The van der Waals surface area contributed by atoms with E-state index in [1.54, 1.807) is 12.1 Å². The van der Waals surface area contributed by atoms with Gasteiger partial charge < -0.3 is 5.32 Å². The van der Waals surface area contributed by atoms with Crippen LogP contribution < -0.4 is 5.32 Å². The first-order chi connectivity index (χ1) is 11.5.